The zero-order valence-corrected chi connectivity index (χ0v) is 11.3. The molecule has 1 amide bonds. The van der Waals surface area contributed by atoms with Crippen LogP contribution in [0.1, 0.15) is 15.9 Å². The Bertz CT molecular complexity index is 782. The van der Waals surface area contributed by atoms with E-state index >= 15 is 0 Å². The highest BCUT2D eigenvalue weighted by Crippen LogP contribution is 2.17. The lowest BCUT2D eigenvalue weighted by atomic mass is 10.1. The first-order valence-corrected chi connectivity index (χ1v) is 6.68. The number of hydrogen-bond acceptors (Lipinski definition) is 2. The highest BCUT2D eigenvalue weighted by atomic mass is 19.1. The summed E-state index contributed by atoms with van der Waals surface area (Å²) in [4.78, 5) is 18.7. The minimum Gasteiger partial charge on any atom is -0.361 e. The quantitative estimate of drug-likeness (QED) is 0.773. The summed E-state index contributed by atoms with van der Waals surface area (Å²) in [5.41, 5.74) is 2.21. The average Bonchev–Trinajstić information content (AvgIpc) is 2.91. The molecule has 4 nitrogen and oxygen atoms in total. The van der Waals surface area contributed by atoms with Crippen molar-refractivity contribution in [2.24, 2.45) is 0 Å². The summed E-state index contributed by atoms with van der Waals surface area (Å²) in [5, 5.41) is 3.86. The molecule has 1 aromatic carbocycles. The third-order valence-electron chi connectivity index (χ3n) is 3.37. The molecule has 0 aliphatic heterocycles. The number of H-pyrrole nitrogens is 1. The Morgan fingerprint density at radius 3 is 3.00 bits per heavy atom. The summed E-state index contributed by atoms with van der Waals surface area (Å²) in [6.07, 6.45) is 5.05. The molecule has 2 N–H and O–H groups in total. The molecule has 2 aromatic heterocycles. The third-order valence-corrected chi connectivity index (χ3v) is 3.37. The number of carbonyl (C=O) groups is 1. The molecule has 0 saturated heterocycles. The van der Waals surface area contributed by atoms with E-state index in [0.717, 1.165) is 22.7 Å². The van der Waals surface area contributed by atoms with Crippen LogP contribution in [0.5, 0.6) is 0 Å². The standard InChI is InChI=1S/C16H14FN3O/c17-14-10-18-7-6-13(14)16(21)19-8-5-11-9-20-15-4-2-1-3-12(11)15/h1-4,6-7,9-10,20H,5,8H2,(H,19,21). The second-order valence-corrected chi connectivity index (χ2v) is 4.72. The van der Waals surface area contributed by atoms with Crippen molar-refractivity contribution in [3.8, 4) is 0 Å². The van der Waals surface area contributed by atoms with Crippen molar-refractivity contribution >= 4 is 16.8 Å². The number of pyridine rings is 1. The number of carbonyl (C=O) groups excluding carboxylic acids is 1. The summed E-state index contributed by atoms with van der Waals surface area (Å²) in [5.74, 6) is -1.03. The number of nitrogens with one attached hydrogen (secondary N) is 2. The lowest BCUT2D eigenvalue weighted by Gasteiger charge is -2.05. The van der Waals surface area contributed by atoms with E-state index in [0.29, 0.717) is 13.0 Å². The summed E-state index contributed by atoms with van der Waals surface area (Å²) in [6, 6.07) is 9.35. The van der Waals surface area contributed by atoms with Crippen LogP contribution in [0.15, 0.2) is 48.9 Å². The highest BCUT2D eigenvalue weighted by Gasteiger charge is 2.11. The van der Waals surface area contributed by atoms with Crippen molar-refractivity contribution in [3.63, 3.8) is 0 Å². The molecule has 0 atom stereocenters. The topological polar surface area (TPSA) is 57.8 Å². The van der Waals surface area contributed by atoms with Gasteiger partial charge in [-0.05, 0) is 24.1 Å². The second kappa shape index (κ2) is 5.75. The Morgan fingerprint density at radius 2 is 2.14 bits per heavy atom. The van der Waals surface area contributed by atoms with Gasteiger partial charge in [-0.3, -0.25) is 9.78 Å². The van der Waals surface area contributed by atoms with Gasteiger partial charge in [0.1, 0.15) is 0 Å². The largest absolute Gasteiger partial charge is 0.361 e. The molecule has 2 heterocycles. The average molecular weight is 283 g/mol. The SMILES string of the molecule is O=C(NCCc1c[nH]c2ccccc12)c1ccncc1F. The van der Waals surface area contributed by atoms with Gasteiger partial charge in [-0.25, -0.2) is 4.39 Å². The van der Waals surface area contributed by atoms with E-state index in [9.17, 15) is 9.18 Å². The predicted octanol–water partition coefficient (Wildman–Crippen LogP) is 2.67. The molecule has 0 bridgehead atoms. The number of nitrogens with zero attached hydrogens (tertiary/aromatic N) is 1. The minimum absolute atomic E-state index is 0.0175. The number of benzene rings is 1. The fourth-order valence-corrected chi connectivity index (χ4v) is 2.30. The van der Waals surface area contributed by atoms with E-state index in [1.807, 2.05) is 30.5 Å². The van der Waals surface area contributed by atoms with E-state index in [-0.39, 0.29) is 5.56 Å². The monoisotopic (exact) mass is 283 g/mol. The molecular weight excluding hydrogens is 269 g/mol. The number of amides is 1. The highest BCUT2D eigenvalue weighted by molar-refractivity contribution is 5.94. The van der Waals surface area contributed by atoms with Crippen LogP contribution in [0.4, 0.5) is 4.39 Å². The Balaban J connectivity index is 1.64. The molecule has 0 fully saturated rings. The van der Waals surface area contributed by atoms with Gasteiger partial charge in [0.2, 0.25) is 0 Å². The van der Waals surface area contributed by atoms with Gasteiger partial charge < -0.3 is 10.3 Å². The van der Waals surface area contributed by atoms with Crippen molar-refractivity contribution in [2.45, 2.75) is 6.42 Å². The van der Waals surface area contributed by atoms with Crippen LogP contribution in [-0.2, 0) is 6.42 Å². The molecule has 0 unspecified atom stereocenters. The Labute approximate surface area is 121 Å². The van der Waals surface area contributed by atoms with Crippen LogP contribution in [0, 0.1) is 5.82 Å². The van der Waals surface area contributed by atoms with Crippen LogP contribution in [0.25, 0.3) is 10.9 Å². The van der Waals surface area contributed by atoms with Gasteiger partial charge in [0.15, 0.2) is 5.82 Å². The van der Waals surface area contributed by atoms with Crippen LogP contribution in [-0.4, -0.2) is 22.4 Å². The molecule has 0 aliphatic rings. The normalized spacial score (nSPS) is 10.7. The Hall–Kier alpha value is -2.69. The first-order valence-electron chi connectivity index (χ1n) is 6.68. The van der Waals surface area contributed by atoms with Gasteiger partial charge in [0, 0.05) is 29.8 Å². The van der Waals surface area contributed by atoms with Crippen molar-refractivity contribution < 1.29 is 9.18 Å². The third kappa shape index (κ3) is 2.76. The molecule has 0 saturated carbocycles. The number of fused-ring (bicyclic) bond motifs is 1. The molecule has 0 radical (unpaired) electrons. The van der Waals surface area contributed by atoms with Gasteiger partial charge in [-0.2, -0.15) is 0 Å². The van der Waals surface area contributed by atoms with Gasteiger partial charge in [-0.1, -0.05) is 18.2 Å². The first-order chi connectivity index (χ1) is 10.3. The summed E-state index contributed by atoms with van der Waals surface area (Å²) in [6.45, 7) is 0.447. The smallest absolute Gasteiger partial charge is 0.254 e. The maximum absolute atomic E-state index is 13.4. The minimum atomic E-state index is -0.609. The van der Waals surface area contributed by atoms with Crippen LogP contribution >= 0.6 is 0 Å². The van der Waals surface area contributed by atoms with E-state index < -0.39 is 11.7 Å². The van der Waals surface area contributed by atoms with Crippen molar-refractivity contribution in [1.82, 2.24) is 15.3 Å². The van der Waals surface area contributed by atoms with Gasteiger partial charge in [-0.15, -0.1) is 0 Å². The fraction of sp³-hybridized carbons (Fsp3) is 0.125. The van der Waals surface area contributed by atoms with E-state index in [1.165, 1.54) is 12.3 Å². The first kappa shape index (κ1) is 13.3. The molecule has 3 aromatic rings. The zero-order chi connectivity index (χ0) is 14.7. The summed E-state index contributed by atoms with van der Waals surface area (Å²) >= 11 is 0. The Kier molecular flexibility index (Phi) is 3.64. The summed E-state index contributed by atoms with van der Waals surface area (Å²) < 4.78 is 13.4. The second-order valence-electron chi connectivity index (χ2n) is 4.72. The van der Waals surface area contributed by atoms with Gasteiger partial charge >= 0.3 is 0 Å². The molecule has 0 aliphatic carbocycles. The Morgan fingerprint density at radius 1 is 1.29 bits per heavy atom. The molecule has 106 valence electrons. The zero-order valence-electron chi connectivity index (χ0n) is 11.3. The molecular formula is C16H14FN3O. The molecule has 5 heteroatoms. The van der Waals surface area contributed by atoms with Crippen LogP contribution in [0.2, 0.25) is 0 Å². The number of para-hydroxylation sites is 1. The van der Waals surface area contributed by atoms with Crippen molar-refractivity contribution in [1.29, 1.82) is 0 Å². The molecule has 3 rings (SSSR count). The fourth-order valence-electron chi connectivity index (χ4n) is 2.30. The number of aromatic amines is 1. The maximum Gasteiger partial charge on any atom is 0.254 e. The van der Waals surface area contributed by atoms with Crippen molar-refractivity contribution in [3.05, 3.63) is 65.9 Å². The summed E-state index contributed by atoms with van der Waals surface area (Å²) in [7, 11) is 0. The van der Waals surface area contributed by atoms with Crippen molar-refractivity contribution in [2.75, 3.05) is 6.54 Å². The number of hydrogen-bond donors (Lipinski definition) is 2. The van der Waals surface area contributed by atoms with Crippen LogP contribution < -0.4 is 5.32 Å². The number of rotatable bonds is 4. The number of aromatic nitrogens is 2. The predicted molar refractivity (Wildman–Crippen MR) is 78.5 cm³/mol. The lowest BCUT2D eigenvalue weighted by Crippen LogP contribution is -2.26. The van der Waals surface area contributed by atoms with Gasteiger partial charge in [0.05, 0.1) is 11.8 Å². The molecule has 0 spiro atoms. The van der Waals surface area contributed by atoms with E-state index in [2.05, 4.69) is 15.3 Å². The van der Waals surface area contributed by atoms with E-state index in [1.54, 1.807) is 0 Å². The number of halogens is 1. The lowest BCUT2D eigenvalue weighted by molar-refractivity contribution is 0.0950. The maximum atomic E-state index is 13.4. The van der Waals surface area contributed by atoms with E-state index in [4.69, 9.17) is 0 Å². The van der Waals surface area contributed by atoms with Crippen LogP contribution in [0.3, 0.4) is 0 Å². The van der Waals surface area contributed by atoms with Gasteiger partial charge in [0.25, 0.3) is 5.91 Å². The molecule has 21 heavy (non-hydrogen) atoms.